The summed E-state index contributed by atoms with van der Waals surface area (Å²) in [6.45, 7) is 2.12. The third kappa shape index (κ3) is 31.9. The zero-order valence-electron chi connectivity index (χ0n) is 29.5. The van der Waals surface area contributed by atoms with Gasteiger partial charge in [0.1, 0.15) is 12.7 Å². The van der Waals surface area contributed by atoms with Crippen LogP contribution in [0.2, 0.25) is 0 Å². The second-order valence-electron chi connectivity index (χ2n) is 11.3. The number of ether oxygens (including phenoxy) is 1. The quantitative estimate of drug-likeness (QED) is 0.0241. The van der Waals surface area contributed by atoms with Gasteiger partial charge in [0.15, 0.2) is 6.04 Å². The number of hydrogen-bond acceptors (Lipinski definition) is 8. The van der Waals surface area contributed by atoms with Crippen molar-refractivity contribution in [3.8, 4) is 0 Å². The van der Waals surface area contributed by atoms with Crippen LogP contribution in [0.3, 0.4) is 0 Å². The number of phosphoric acid groups is 1. The topological polar surface area (TPSA) is 169 Å². The maximum absolute atomic E-state index is 12.2. The molecule has 0 radical (unpaired) electrons. The van der Waals surface area contributed by atoms with Gasteiger partial charge < -0.3 is 25.2 Å². The molecule has 11 nitrogen and oxygen atoms in total. The number of allylic oxidation sites excluding steroid dienone is 12. The molecular weight excluding hydrogens is 649 g/mol. The van der Waals surface area contributed by atoms with E-state index in [2.05, 4.69) is 89.7 Å². The van der Waals surface area contributed by atoms with Crippen LogP contribution >= 0.6 is 7.82 Å². The number of esters is 1. The van der Waals surface area contributed by atoms with Crippen LogP contribution in [0.1, 0.15) is 110 Å². The van der Waals surface area contributed by atoms with Crippen molar-refractivity contribution in [3.05, 3.63) is 72.9 Å². The number of amides is 1. The molecule has 0 rings (SSSR count). The number of carboxylic acids is 1. The summed E-state index contributed by atoms with van der Waals surface area (Å²) in [6.07, 6.45) is 36.5. The number of carbonyl (C=O) groups is 3. The van der Waals surface area contributed by atoms with Gasteiger partial charge in [0.25, 0.3) is 0 Å². The zero-order chi connectivity index (χ0) is 36.4. The summed E-state index contributed by atoms with van der Waals surface area (Å²) in [4.78, 5) is 45.0. The van der Waals surface area contributed by atoms with Crippen molar-refractivity contribution in [2.45, 2.75) is 122 Å². The minimum absolute atomic E-state index is 0.111. The van der Waals surface area contributed by atoms with Gasteiger partial charge in [-0.05, 0) is 64.2 Å². The number of aliphatic carboxylic acids is 1. The largest absolute Gasteiger partial charge is 0.480 e. The van der Waals surface area contributed by atoms with E-state index in [1.807, 2.05) is 6.92 Å². The Labute approximate surface area is 293 Å². The summed E-state index contributed by atoms with van der Waals surface area (Å²) >= 11 is 0. The van der Waals surface area contributed by atoms with Crippen LogP contribution in [0.25, 0.3) is 0 Å². The van der Waals surface area contributed by atoms with Crippen molar-refractivity contribution in [2.75, 3.05) is 19.8 Å². The lowest BCUT2D eigenvalue weighted by atomic mass is 10.1. The molecule has 278 valence electrons. The summed E-state index contributed by atoms with van der Waals surface area (Å²) in [5.74, 6) is -2.46. The van der Waals surface area contributed by atoms with Gasteiger partial charge in [0.05, 0.1) is 13.2 Å². The number of carbonyl (C=O) groups excluding carboxylic acids is 2. The third-order valence-electron chi connectivity index (χ3n) is 6.76. The number of nitrogens with one attached hydrogen (secondary N) is 1. The molecule has 0 aliphatic heterocycles. The molecular formula is C37H60NO10P. The van der Waals surface area contributed by atoms with E-state index in [9.17, 15) is 34.1 Å². The molecule has 0 aliphatic rings. The Morgan fingerprint density at radius 2 is 1.18 bits per heavy atom. The Bertz CT molecular complexity index is 1110. The van der Waals surface area contributed by atoms with Crippen LogP contribution in [0, 0.1) is 0 Å². The monoisotopic (exact) mass is 709 g/mol. The lowest BCUT2D eigenvalue weighted by molar-refractivity contribution is -0.147. The summed E-state index contributed by atoms with van der Waals surface area (Å²) in [6, 6.07) is -1.56. The molecule has 3 unspecified atom stereocenters. The summed E-state index contributed by atoms with van der Waals surface area (Å²) in [5, 5.41) is 21.4. The summed E-state index contributed by atoms with van der Waals surface area (Å²) in [5.41, 5.74) is 0. The molecule has 4 N–H and O–H groups in total. The fourth-order valence-corrected chi connectivity index (χ4v) is 4.77. The first-order chi connectivity index (χ1) is 23.6. The smallest absolute Gasteiger partial charge is 0.472 e. The second-order valence-corrected chi connectivity index (χ2v) is 12.8. The van der Waals surface area contributed by atoms with Crippen molar-refractivity contribution in [1.82, 2.24) is 5.32 Å². The van der Waals surface area contributed by atoms with Crippen LogP contribution < -0.4 is 5.32 Å². The van der Waals surface area contributed by atoms with Gasteiger partial charge in [-0.2, -0.15) is 0 Å². The van der Waals surface area contributed by atoms with Crippen LogP contribution in [0.15, 0.2) is 72.9 Å². The van der Waals surface area contributed by atoms with Crippen molar-refractivity contribution in [3.63, 3.8) is 0 Å². The van der Waals surface area contributed by atoms with Gasteiger partial charge >= 0.3 is 19.8 Å². The molecule has 0 bridgehead atoms. The van der Waals surface area contributed by atoms with Gasteiger partial charge in [-0.25, -0.2) is 9.36 Å². The number of hydrogen-bond donors (Lipinski definition) is 4. The van der Waals surface area contributed by atoms with Crippen LogP contribution in [0.5, 0.6) is 0 Å². The Kier molecular flexibility index (Phi) is 30.1. The maximum Gasteiger partial charge on any atom is 0.472 e. The number of phosphoric ester groups is 1. The molecule has 0 saturated carbocycles. The highest BCUT2D eigenvalue weighted by Gasteiger charge is 2.28. The van der Waals surface area contributed by atoms with Crippen LogP contribution in [0.4, 0.5) is 0 Å². The van der Waals surface area contributed by atoms with Crippen LogP contribution in [-0.4, -0.2) is 64.9 Å². The highest BCUT2D eigenvalue weighted by Crippen LogP contribution is 2.43. The molecule has 3 atom stereocenters. The predicted octanol–water partition coefficient (Wildman–Crippen LogP) is 7.82. The highest BCUT2D eigenvalue weighted by atomic mass is 31.2. The number of rotatable bonds is 31. The van der Waals surface area contributed by atoms with Crippen LogP contribution in [-0.2, 0) is 32.7 Å². The first kappa shape index (κ1) is 45.9. The molecule has 0 aromatic rings. The van der Waals surface area contributed by atoms with E-state index >= 15 is 0 Å². The fraction of sp³-hybridized carbons (Fsp3) is 0.595. The Balaban J connectivity index is 3.99. The molecule has 49 heavy (non-hydrogen) atoms. The van der Waals surface area contributed by atoms with E-state index in [1.54, 1.807) is 0 Å². The molecule has 0 spiro atoms. The molecule has 0 saturated heterocycles. The molecule has 0 aromatic heterocycles. The molecule has 1 amide bonds. The molecule has 0 aromatic carbocycles. The molecule has 0 fully saturated rings. The average Bonchev–Trinajstić information content (AvgIpc) is 3.07. The van der Waals surface area contributed by atoms with E-state index in [-0.39, 0.29) is 12.8 Å². The SMILES string of the molecule is CC/C=C\C/C=C\C/C=C\C/C=C\C/C=C\C/C=C\CCCCCCC(=O)NC(COP(=O)(O)OCC(O)COC(=O)CCCC)C(=O)O. The number of aliphatic hydroxyl groups excluding tert-OH is 1. The first-order valence-electron chi connectivity index (χ1n) is 17.5. The van der Waals surface area contributed by atoms with Crippen molar-refractivity contribution < 1.29 is 47.8 Å². The predicted molar refractivity (Wildman–Crippen MR) is 194 cm³/mol. The van der Waals surface area contributed by atoms with Gasteiger partial charge in [0.2, 0.25) is 5.91 Å². The number of carboxylic acid groups (broad SMARTS) is 1. The van der Waals surface area contributed by atoms with Crippen molar-refractivity contribution in [1.29, 1.82) is 0 Å². The second kappa shape index (κ2) is 32.1. The Morgan fingerprint density at radius 1 is 0.673 bits per heavy atom. The lowest BCUT2D eigenvalue weighted by Crippen LogP contribution is -2.43. The highest BCUT2D eigenvalue weighted by molar-refractivity contribution is 7.47. The molecule has 0 aliphatic carbocycles. The zero-order valence-corrected chi connectivity index (χ0v) is 30.4. The minimum atomic E-state index is -4.74. The Morgan fingerprint density at radius 3 is 1.71 bits per heavy atom. The summed E-state index contributed by atoms with van der Waals surface area (Å²) in [7, 11) is -4.74. The number of aliphatic hydroxyl groups is 1. The Hall–Kier alpha value is -3.08. The molecule has 0 heterocycles. The standard InChI is InChI=1S/C37H60NO10P/c1-3-5-7-8-9-10-11-12-13-14-15-16-17-18-19-20-21-22-23-24-25-26-27-28-35(40)38-34(37(42)43)32-48-49(44,45)47-31-33(39)30-46-36(41)29-6-4-2/h5,7,9-10,12-13,15-16,18-19,21-22,33-34,39H,3-4,6,8,11,14,17,20,23-32H2,1-2H3,(H,38,40)(H,42,43)(H,44,45)/b7-5-,10-9-,13-12-,16-15-,19-18-,22-21-. The third-order valence-corrected chi connectivity index (χ3v) is 7.71. The van der Waals surface area contributed by atoms with E-state index in [4.69, 9.17) is 9.26 Å². The van der Waals surface area contributed by atoms with E-state index in [0.29, 0.717) is 12.8 Å². The fourth-order valence-electron chi connectivity index (χ4n) is 4.00. The van der Waals surface area contributed by atoms with E-state index in [1.165, 1.54) is 0 Å². The average molecular weight is 710 g/mol. The van der Waals surface area contributed by atoms with E-state index in [0.717, 1.165) is 70.6 Å². The van der Waals surface area contributed by atoms with Gasteiger partial charge in [-0.1, -0.05) is 106 Å². The first-order valence-corrected chi connectivity index (χ1v) is 19.0. The van der Waals surface area contributed by atoms with Gasteiger partial charge in [-0.3, -0.25) is 18.6 Å². The maximum atomic E-state index is 12.2. The summed E-state index contributed by atoms with van der Waals surface area (Å²) < 4.78 is 26.2. The van der Waals surface area contributed by atoms with Gasteiger partial charge in [0, 0.05) is 12.8 Å². The molecule has 12 heteroatoms. The van der Waals surface area contributed by atoms with E-state index < -0.39 is 57.6 Å². The van der Waals surface area contributed by atoms with Crippen molar-refractivity contribution in [2.24, 2.45) is 0 Å². The normalized spacial score (nSPS) is 14.9. The minimum Gasteiger partial charge on any atom is -0.480 e. The number of unbranched alkanes of at least 4 members (excludes halogenated alkanes) is 5. The van der Waals surface area contributed by atoms with Gasteiger partial charge in [-0.15, -0.1) is 0 Å². The lowest BCUT2D eigenvalue weighted by Gasteiger charge is -2.18. The van der Waals surface area contributed by atoms with Crippen molar-refractivity contribution >= 4 is 25.7 Å².